The van der Waals surface area contributed by atoms with Gasteiger partial charge in [0.05, 0.1) is 18.7 Å². The van der Waals surface area contributed by atoms with Crippen molar-refractivity contribution in [2.24, 2.45) is 5.73 Å². The molecule has 2 rings (SSSR count). The lowest BCUT2D eigenvalue weighted by molar-refractivity contribution is -0.111. The van der Waals surface area contributed by atoms with Crippen LogP contribution in [-0.4, -0.2) is 26.0 Å². The third kappa shape index (κ3) is 4.84. The number of halogens is 1. The highest BCUT2D eigenvalue weighted by Crippen LogP contribution is 2.36. The quantitative estimate of drug-likeness (QED) is 0.723. The van der Waals surface area contributed by atoms with Crippen molar-refractivity contribution in [1.82, 2.24) is 0 Å². The van der Waals surface area contributed by atoms with Crippen molar-refractivity contribution in [2.75, 3.05) is 19.5 Å². The van der Waals surface area contributed by atoms with Crippen LogP contribution in [-0.2, 0) is 4.79 Å². The van der Waals surface area contributed by atoms with Gasteiger partial charge < -0.3 is 20.5 Å². The number of ether oxygens (including phenoxy) is 2. The maximum absolute atomic E-state index is 12.0. The maximum atomic E-state index is 12.0. The van der Waals surface area contributed by atoms with Gasteiger partial charge in [-0.25, -0.2) is 0 Å². The van der Waals surface area contributed by atoms with Crippen LogP contribution in [0.5, 0.6) is 11.5 Å². The summed E-state index contributed by atoms with van der Waals surface area (Å²) in [6.45, 7) is 0. The zero-order valence-corrected chi connectivity index (χ0v) is 15.3. The monoisotopic (exact) mass is 404 g/mol. The molecular formula is C18H17BrN2O4. The highest BCUT2D eigenvalue weighted by molar-refractivity contribution is 9.10. The van der Waals surface area contributed by atoms with Crippen LogP contribution < -0.4 is 20.5 Å². The standard InChI is InChI=1S/C18H17BrN2O4/c1-24-15-10-11(9-14(19)17(15)25-2)3-8-16(22)21-13-6-4-12(5-7-13)18(20)23/h3-10H,1-2H3,(H2,20,23)(H,21,22). The van der Waals surface area contributed by atoms with E-state index < -0.39 is 5.91 Å². The summed E-state index contributed by atoms with van der Waals surface area (Å²) in [4.78, 5) is 23.0. The van der Waals surface area contributed by atoms with E-state index in [1.165, 1.54) is 6.08 Å². The largest absolute Gasteiger partial charge is 0.493 e. The van der Waals surface area contributed by atoms with Crippen molar-refractivity contribution in [3.05, 3.63) is 58.1 Å². The molecule has 2 aromatic rings. The van der Waals surface area contributed by atoms with E-state index in [-0.39, 0.29) is 5.91 Å². The van der Waals surface area contributed by atoms with Crippen LogP contribution in [0.3, 0.4) is 0 Å². The van der Waals surface area contributed by atoms with E-state index in [0.717, 1.165) is 10.0 Å². The normalized spacial score (nSPS) is 10.5. The average Bonchev–Trinajstić information content (AvgIpc) is 2.59. The number of hydrogen-bond donors (Lipinski definition) is 2. The zero-order valence-electron chi connectivity index (χ0n) is 13.7. The van der Waals surface area contributed by atoms with Gasteiger partial charge >= 0.3 is 0 Å². The molecule has 0 bridgehead atoms. The number of rotatable bonds is 6. The number of carbonyl (C=O) groups is 2. The van der Waals surface area contributed by atoms with Gasteiger partial charge in [-0.15, -0.1) is 0 Å². The second kappa shape index (κ2) is 8.34. The van der Waals surface area contributed by atoms with Gasteiger partial charge in [0.15, 0.2) is 11.5 Å². The summed E-state index contributed by atoms with van der Waals surface area (Å²) in [5, 5.41) is 2.70. The van der Waals surface area contributed by atoms with Gasteiger partial charge in [-0.05, 0) is 64.0 Å². The van der Waals surface area contributed by atoms with Gasteiger partial charge in [0.2, 0.25) is 11.8 Å². The summed E-state index contributed by atoms with van der Waals surface area (Å²) in [7, 11) is 3.09. The predicted molar refractivity (Wildman–Crippen MR) is 99.9 cm³/mol. The SMILES string of the molecule is COc1cc(C=CC(=O)Nc2ccc(C(N)=O)cc2)cc(Br)c1OC. The first-order chi connectivity index (χ1) is 11.9. The lowest BCUT2D eigenvalue weighted by Crippen LogP contribution is -2.11. The van der Waals surface area contributed by atoms with E-state index in [1.807, 2.05) is 6.07 Å². The topological polar surface area (TPSA) is 90.6 Å². The number of primary amides is 1. The van der Waals surface area contributed by atoms with Crippen molar-refractivity contribution in [3.8, 4) is 11.5 Å². The van der Waals surface area contributed by atoms with Gasteiger partial charge in [0.1, 0.15) is 0 Å². The Balaban J connectivity index is 2.09. The summed E-state index contributed by atoms with van der Waals surface area (Å²) in [5.74, 6) is 0.312. The third-order valence-electron chi connectivity index (χ3n) is 3.32. The Morgan fingerprint density at radius 2 is 1.80 bits per heavy atom. The van der Waals surface area contributed by atoms with E-state index in [1.54, 1.807) is 50.6 Å². The van der Waals surface area contributed by atoms with Crippen molar-refractivity contribution in [3.63, 3.8) is 0 Å². The first-order valence-electron chi connectivity index (χ1n) is 7.25. The Morgan fingerprint density at radius 3 is 2.36 bits per heavy atom. The molecule has 0 saturated carbocycles. The first kappa shape index (κ1) is 18.5. The lowest BCUT2D eigenvalue weighted by atomic mass is 10.1. The van der Waals surface area contributed by atoms with Crippen LogP contribution in [0.15, 0.2) is 46.9 Å². The van der Waals surface area contributed by atoms with Crippen molar-refractivity contribution < 1.29 is 19.1 Å². The van der Waals surface area contributed by atoms with Crippen LogP contribution >= 0.6 is 15.9 Å². The van der Waals surface area contributed by atoms with E-state index in [2.05, 4.69) is 21.2 Å². The Kier molecular flexibility index (Phi) is 6.19. The van der Waals surface area contributed by atoms with E-state index >= 15 is 0 Å². The third-order valence-corrected chi connectivity index (χ3v) is 3.91. The molecule has 0 radical (unpaired) electrons. The fraction of sp³-hybridized carbons (Fsp3) is 0.111. The van der Waals surface area contributed by atoms with Gasteiger partial charge in [-0.2, -0.15) is 0 Å². The van der Waals surface area contributed by atoms with Gasteiger partial charge in [0.25, 0.3) is 0 Å². The second-order valence-corrected chi connectivity index (χ2v) is 5.86. The Bertz CT molecular complexity index is 817. The van der Waals surface area contributed by atoms with Crippen molar-refractivity contribution in [2.45, 2.75) is 0 Å². The summed E-state index contributed by atoms with van der Waals surface area (Å²) in [6, 6.07) is 9.89. The fourth-order valence-corrected chi connectivity index (χ4v) is 2.73. The summed E-state index contributed by atoms with van der Waals surface area (Å²) < 4.78 is 11.2. The number of nitrogens with two attached hydrogens (primary N) is 1. The van der Waals surface area contributed by atoms with E-state index in [4.69, 9.17) is 15.2 Å². The highest BCUT2D eigenvalue weighted by Gasteiger charge is 2.09. The second-order valence-electron chi connectivity index (χ2n) is 5.00. The number of nitrogens with one attached hydrogen (secondary N) is 1. The highest BCUT2D eigenvalue weighted by atomic mass is 79.9. The number of hydrogen-bond acceptors (Lipinski definition) is 4. The molecule has 0 saturated heterocycles. The number of carbonyl (C=O) groups excluding carboxylic acids is 2. The number of amides is 2. The molecule has 0 atom stereocenters. The average molecular weight is 405 g/mol. The molecule has 2 amide bonds. The minimum atomic E-state index is -0.517. The van der Waals surface area contributed by atoms with Gasteiger partial charge in [0, 0.05) is 17.3 Å². The molecule has 2 aromatic carbocycles. The summed E-state index contributed by atoms with van der Waals surface area (Å²) in [5.41, 5.74) is 6.88. The molecule has 0 aromatic heterocycles. The van der Waals surface area contributed by atoms with Crippen LogP contribution in [0.4, 0.5) is 5.69 Å². The molecule has 0 spiro atoms. The van der Waals surface area contributed by atoms with Crippen molar-refractivity contribution >= 4 is 39.5 Å². The maximum Gasteiger partial charge on any atom is 0.248 e. The van der Waals surface area contributed by atoms with Gasteiger partial charge in [-0.1, -0.05) is 0 Å². The molecule has 0 aliphatic rings. The minimum absolute atomic E-state index is 0.308. The van der Waals surface area contributed by atoms with Crippen molar-refractivity contribution in [1.29, 1.82) is 0 Å². The molecule has 6 nitrogen and oxygen atoms in total. The molecule has 0 aliphatic carbocycles. The Labute approximate surface area is 153 Å². The molecule has 130 valence electrons. The summed E-state index contributed by atoms with van der Waals surface area (Å²) in [6.07, 6.45) is 3.05. The van der Waals surface area contributed by atoms with Crippen LogP contribution in [0, 0.1) is 0 Å². The van der Waals surface area contributed by atoms with Crippen LogP contribution in [0.1, 0.15) is 15.9 Å². The Morgan fingerprint density at radius 1 is 1.12 bits per heavy atom. The van der Waals surface area contributed by atoms with Gasteiger partial charge in [-0.3, -0.25) is 9.59 Å². The number of methoxy groups -OCH3 is 2. The molecular weight excluding hydrogens is 388 g/mol. The first-order valence-corrected chi connectivity index (χ1v) is 8.04. The molecule has 25 heavy (non-hydrogen) atoms. The smallest absolute Gasteiger partial charge is 0.248 e. The molecule has 0 heterocycles. The van der Waals surface area contributed by atoms with E-state index in [9.17, 15) is 9.59 Å². The predicted octanol–water partition coefficient (Wildman–Crippen LogP) is 3.22. The van der Waals surface area contributed by atoms with Crippen LogP contribution in [0.25, 0.3) is 6.08 Å². The number of benzene rings is 2. The zero-order chi connectivity index (χ0) is 18.4. The van der Waals surface area contributed by atoms with Crippen LogP contribution in [0.2, 0.25) is 0 Å². The fourth-order valence-electron chi connectivity index (χ4n) is 2.11. The molecule has 7 heteroatoms. The van der Waals surface area contributed by atoms with E-state index in [0.29, 0.717) is 22.7 Å². The molecule has 3 N–H and O–H groups in total. The minimum Gasteiger partial charge on any atom is -0.493 e. The molecule has 0 fully saturated rings. The number of anilines is 1. The lowest BCUT2D eigenvalue weighted by Gasteiger charge is -2.10. The molecule has 0 aliphatic heterocycles. The molecule has 0 unspecified atom stereocenters. The Hall–Kier alpha value is -2.80. The summed E-state index contributed by atoms with van der Waals surface area (Å²) >= 11 is 3.40.